The van der Waals surface area contributed by atoms with E-state index in [0.717, 1.165) is 34.3 Å². The van der Waals surface area contributed by atoms with Crippen molar-refractivity contribution in [2.24, 2.45) is 0 Å². The van der Waals surface area contributed by atoms with Crippen molar-refractivity contribution in [3.05, 3.63) is 93.1 Å². The number of hydrogen-bond acceptors (Lipinski definition) is 10. The number of para-hydroxylation sites is 2. The molecule has 0 amide bonds. The van der Waals surface area contributed by atoms with Gasteiger partial charge in [-0.1, -0.05) is 40.2 Å². The molecular formula is C37H37BrN2O8. The number of nitrogens with one attached hydrogen (secondary N) is 2. The first-order valence-electron chi connectivity index (χ1n) is 15.4. The SMILES string of the molecule is COc1cc(OC)c2c(=O)c(OCCCCC3(c4cccc(Br)c4)Nc4ccccc4N3)c(-c3cc(OC)c(OC)c(OC)c3)oc2c1. The van der Waals surface area contributed by atoms with Crippen LogP contribution in [0.4, 0.5) is 11.4 Å². The minimum Gasteiger partial charge on any atom is -0.496 e. The molecule has 0 bridgehead atoms. The van der Waals surface area contributed by atoms with E-state index in [0.29, 0.717) is 40.7 Å². The smallest absolute Gasteiger partial charge is 0.239 e. The summed E-state index contributed by atoms with van der Waals surface area (Å²) in [5, 5.41) is 7.68. The minimum absolute atomic E-state index is 0.0477. The van der Waals surface area contributed by atoms with Gasteiger partial charge >= 0.3 is 0 Å². The first kappa shape index (κ1) is 32.9. The van der Waals surface area contributed by atoms with Gasteiger partial charge in [-0.2, -0.15) is 0 Å². The molecule has 0 radical (unpaired) electrons. The van der Waals surface area contributed by atoms with Gasteiger partial charge in [-0.25, -0.2) is 0 Å². The van der Waals surface area contributed by atoms with E-state index in [-0.39, 0.29) is 34.5 Å². The highest BCUT2D eigenvalue weighted by molar-refractivity contribution is 9.10. The van der Waals surface area contributed by atoms with Crippen molar-refractivity contribution in [2.45, 2.75) is 24.9 Å². The zero-order valence-electron chi connectivity index (χ0n) is 27.4. The Morgan fingerprint density at radius 1 is 0.729 bits per heavy atom. The van der Waals surface area contributed by atoms with Crippen molar-refractivity contribution in [3.8, 4) is 45.8 Å². The lowest BCUT2D eigenvalue weighted by molar-refractivity contribution is 0.292. The van der Waals surface area contributed by atoms with Crippen molar-refractivity contribution in [1.82, 2.24) is 0 Å². The molecule has 2 heterocycles. The normalized spacial score (nSPS) is 12.9. The molecule has 250 valence electrons. The van der Waals surface area contributed by atoms with E-state index in [4.69, 9.17) is 32.8 Å². The summed E-state index contributed by atoms with van der Waals surface area (Å²) in [5.41, 5.74) is 3.10. The Kier molecular flexibility index (Phi) is 9.58. The van der Waals surface area contributed by atoms with Gasteiger partial charge in [0.15, 0.2) is 17.3 Å². The third-order valence-electron chi connectivity index (χ3n) is 8.41. The van der Waals surface area contributed by atoms with Gasteiger partial charge in [0, 0.05) is 22.2 Å². The van der Waals surface area contributed by atoms with Gasteiger partial charge in [-0.05, 0) is 61.2 Å². The highest BCUT2D eigenvalue weighted by atomic mass is 79.9. The predicted molar refractivity (Wildman–Crippen MR) is 190 cm³/mol. The Hall–Kier alpha value is -5.03. The van der Waals surface area contributed by atoms with Crippen LogP contribution < -0.4 is 44.5 Å². The molecule has 0 saturated carbocycles. The van der Waals surface area contributed by atoms with Crippen LogP contribution in [0, 0.1) is 0 Å². The molecule has 10 nitrogen and oxygen atoms in total. The number of ether oxygens (including phenoxy) is 6. The molecule has 0 fully saturated rings. The van der Waals surface area contributed by atoms with Crippen LogP contribution in [0.1, 0.15) is 24.8 Å². The van der Waals surface area contributed by atoms with Crippen molar-refractivity contribution >= 4 is 38.3 Å². The molecule has 0 saturated heterocycles. The quantitative estimate of drug-likeness (QED) is 0.116. The van der Waals surface area contributed by atoms with E-state index in [1.165, 1.54) is 35.5 Å². The zero-order chi connectivity index (χ0) is 33.8. The molecule has 0 spiro atoms. The molecule has 5 aromatic rings. The fraction of sp³-hybridized carbons (Fsp3) is 0.270. The van der Waals surface area contributed by atoms with E-state index in [1.54, 1.807) is 24.3 Å². The summed E-state index contributed by atoms with van der Waals surface area (Å²) in [6, 6.07) is 23.2. The largest absolute Gasteiger partial charge is 0.496 e. The average molecular weight is 718 g/mol. The van der Waals surface area contributed by atoms with E-state index in [1.807, 2.05) is 24.3 Å². The van der Waals surface area contributed by atoms with Gasteiger partial charge in [-0.3, -0.25) is 4.79 Å². The van der Waals surface area contributed by atoms with Gasteiger partial charge in [0.2, 0.25) is 16.9 Å². The Morgan fingerprint density at radius 2 is 1.42 bits per heavy atom. The van der Waals surface area contributed by atoms with Crippen LogP contribution in [0.2, 0.25) is 0 Å². The number of unbranched alkanes of at least 4 members (excludes halogenated alkanes) is 1. The Balaban J connectivity index is 1.32. The second-order valence-electron chi connectivity index (χ2n) is 11.2. The van der Waals surface area contributed by atoms with Crippen LogP contribution in [0.5, 0.6) is 34.5 Å². The first-order chi connectivity index (χ1) is 23.3. The molecule has 1 aliphatic rings. The average Bonchev–Trinajstić information content (AvgIpc) is 3.50. The molecule has 48 heavy (non-hydrogen) atoms. The summed E-state index contributed by atoms with van der Waals surface area (Å²) in [6.45, 7) is 0.258. The number of halogens is 1. The number of anilines is 2. The van der Waals surface area contributed by atoms with Gasteiger partial charge in [0.05, 0.1) is 53.5 Å². The number of hydrogen-bond donors (Lipinski definition) is 2. The summed E-state index contributed by atoms with van der Waals surface area (Å²) in [4.78, 5) is 14.2. The molecule has 1 aromatic heterocycles. The molecule has 0 aliphatic carbocycles. The van der Waals surface area contributed by atoms with E-state index in [9.17, 15) is 4.79 Å². The summed E-state index contributed by atoms with van der Waals surface area (Å²) in [5.74, 6) is 2.26. The summed E-state index contributed by atoms with van der Waals surface area (Å²) in [6.07, 6.45) is 2.18. The van der Waals surface area contributed by atoms with Crippen LogP contribution in [0.15, 0.2) is 86.5 Å². The second-order valence-corrected chi connectivity index (χ2v) is 12.1. The van der Waals surface area contributed by atoms with Crippen LogP contribution in [0.3, 0.4) is 0 Å². The van der Waals surface area contributed by atoms with Crippen molar-refractivity contribution in [3.63, 3.8) is 0 Å². The molecule has 2 N–H and O–H groups in total. The molecule has 6 rings (SSSR count). The second kappa shape index (κ2) is 14.0. The standard InChI is InChI=1S/C37H37BrN2O8/c1-42-25-20-28(43-2)32-29(21-25)48-34(22-17-30(44-3)35(46-5)31(18-22)45-4)36(33(32)41)47-16-9-8-15-37(23-11-10-12-24(38)19-23)39-26-13-6-7-14-27(26)40-37/h6-7,10-14,17-21,39-40H,8-9,15-16H2,1-5H3. The predicted octanol–water partition coefficient (Wildman–Crippen LogP) is 8.21. The van der Waals surface area contributed by atoms with Crippen molar-refractivity contribution in [2.75, 3.05) is 52.8 Å². The molecule has 4 aromatic carbocycles. The fourth-order valence-electron chi connectivity index (χ4n) is 6.08. The number of fused-ring (bicyclic) bond motifs is 2. The maximum absolute atomic E-state index is 14.2. The van der Waals surface area contributed by atoms with E-state index in [2.05, 4.69) is 50.8 Å². The Morgan fingerprint density at radius 3 is 2.02 bits per heavy atom. The third-order valence-corrected chi connectivity index (χ3v) is 8.90. The fourth-order valence-corrected chi connectivity index (χ4v) is 6.48. The summed E-state index contributed by atoms with van der Waals surface area (Å²) in [7, 11) is 7.61. The van der Waals surface area contributed by atoms with Gasteiger partial charge in [0.1, 0.15) is 28.1 Å². The number of methoxy groups -OCH3 is 5. The number of rotatable bonds is 13. The summed E-state index contributed by atoms with van der Waals surface area (Å²) < 4.78 is 41.4. The molecule has 0 unspecified atom stereocenters. The maximum Gasteiger partial charge on any atom is 0.239 e. The van der Waals surface area contributed by atoms with Gasteiger partial charge < -0.3 is 43.5 Å². The molecule has 1 aliphatic heterocycles. The topological polar surface area (TPSA) is 110 Å². The minimum atomic E-state index is -0.511. The molecular weight excluding hydrogens is 680 g/mol. The monoisotopic (exact) mass is 716 g/mol. The van der Waals surface area contributed by atoms with E-state index < -0.39 is 5.66 Å². The highest BCUT2D eigenvalue weighted by Crippen LogP contribution is 2.45. The number of benzene rings is 4. The lowest BCUT2D eigenvalue weighted by Crippen LogP contribution is -2.38. The highest BCUT2D eigenvalue weighted by Gasteiger charge is 2.37. The van der Waals surface area contributed by atoms with Crippen LogP contribution in [-0.2, 0) is 5.66 Å². The lowest BCUT2D eigenvalue weighted by Gasteiger charge is -2.32. The maximum atomic E-state index is 14.2. The molecule has 11 heteroatoms. The molecule has 0 atom stereocenters. The van der Waals surface area contributed by atoms with Crippen LogP contribution in [-0.4, -0.2) is 42.2 Å². The van der Waals surface area contributed by atoms with Crippen LogP contribution >= 0.6 is 15.9 Å². The first-order valence-corrected chi connectivity index (χ1v) is 16.2. The van der Waals surface area contributed by atoms with Crippen molar-refractivity contribution < 1.29 is 32.8 Å². The lowest BCUT2D eigenvalue weighted by atomic mass is 9.94. The van der Waals surface area contributed by atoms with Crippen molar-refractivity contribution in [1.29, 1.82) is 0 Å². The van der Waals surface area contributed by atoms with E-state index >= 15 is 0 Å². The summed E-state index contributed by atoms with van der Waals surface area (Å²) >= 11 is 3.63. The zero-order valence-corrected chi connectivity index (χ0v) is 29.0. The third kappa shape index (κ3) is 6.17. The van der Waals surface area contributed by atoms with Gasteiger partial charge in [-0.15, -0.1) is 0 Å². The Labute approximate surface area is 287 Å². The van der Waals surface area contributed by atoms with Crippen LogP contribution in [0.25, 0.3) is 22.3 Å². The Bertz CT molecular complexity index is 1960. The van der Waals surface area contributed by atoms with Gasteiger partial charge in [0.25, 0.3) is 0 Å².